The minimum atomic E-state index is -0.114. The largest absolute Gasteiger partial charge is 0.454 e. The van der Waals surface area contributed by atoms with E-state index in [1.54, 1.807) is 25.3 Å². The molecule has 0 fully saturated rings. The maximum Gasteiger partial charge on any atom is 0.251 e. The van der Waals surface area contributed by atoms with Gasteiger partial charge in [0.2, 0.25) is 6.79 Å². The zero-order valence-corrected chi connectivity index (χ0v) is 10.6. The average Bonchev–Trinajstić information content (AvgIpc) is 2.83. The van der Waals surface area contributed by atoms with E-state index in [-0.39, 0.29) is 18.7 Å². The number of rotatable bonds is 5. The number of amides is 1. The van der Waals surface area contributed by atoms with Crippen molar-refractivity contribution < 1.29 is 19.0 Å². The second-order valence-corrected chi connectivity index (χ2v) is 4.22. The van der Waals surface area contributed by atoms with E-state index in [9.17, 15) is 4.79 Å². The van der Waals surface area contributed by atoms with Crippen LogP contribution in [0.25, 0.3) is 0 Å². The summed E-state index contributed by atoms with van der Waals surface area (Å²) in [6.07, 6.45) is 0.785. The Balaban J connectivity index is 1.96. The predicted molar refractivity (Wildman–Crippen MR) is 66.0 cm³/mol. The van der Waals surface area contributed by atoms with Gasteiger partial charge < -0.3 is 19.5 Å². The van der Waals surface area contributed by atoms with Crippen molar-refractivity contribution in [3.63, 3.8) is 0 Å². The number of benzene rings is 1. The van der Waals surface area contributed by atoms with Gasteiger partial charge in [0.1, 0.15) is 0 Å². The summed E-state index contributed by atoms with van der Waals surface area (Å²) >= 11 is 0. The fourth-order valence-electron chi connectivity index (χ4n) is 1.71. The highest BCUT2D eigenvalue weighted by atomic mass is 16.7. The highest BCUT2D eigenvalue weighted by Crippen LogP contribution is 2.32. The Labute approximate surface area is 106 Å². The summed E-state index contributed by atoms with van der Waals surface area (Å²) in [6.45, 7) is 2.79. The summed E-state index contributed by atoms with van der Waals surface area (Å²) in [5.74, 6) is 1.18. The van der Waals surface area contributed by atoms with Crippen LogP contribution in [0.1, 0.15) is 23.7 Å². The molecular formula is C13H17NO4. The number of carbonyl (C=O) groups is 1. The first kappa shape index (κ1) is 12.7. The first-order chi connectivity index (χ1) is 8.70. The van der Waals surface area contributed by atoms with Crippen LogP contribution < -0.4 is 14.8 Å². The third kappa shape index (κ3) is 2.92. The van der Waals surface area contributed by atoms with Crippen molar-refractivity contribution in [1.82, 2.24) is 5.32 Å². The molecule has 18 heavy (non-hydrogen) atoms. The van der Waals surface area contributed by atoms with Crippen LogP contribution in [0.15, 0.2) is 18.2 Å². The molecule has 0 bridgehead atoms. The van der Waals surface area contributed by atoms with Crippen molar-refractivity contribution in [3.8, 4) is 11.5 Å². The summed E-state index contributed by atoms with van der Waals surface area (Å²) in [5.41, 5.74) is 0.573. The lowest BCUT2D eigenvalue weighted by Crippen LogP contribution is -2.33. The number of nitrogens with one attached hydrogen (secondary N) is 1. The molecule has 1 aliphatic rings. The van der Waals surface area contributed by atoms with Gasteiger partial charge in [-0.1, -0.05) is 0 Å². The topological polar surface area (TPSA) is 56.8 Å². The lowest BCUT2D eigenvalue weighted by molar-refractivity contribution is 0.0929. The molecule has 2 rings (SSSR count). The van der Waals surface area contributed by atoms with Crippen molar-refractivity contribution in [2.75, 3.05) is 20.5 Å². The lowest BCUT2D eigenvalue weighted by atomic mass is 10.1. The van der Waals surface area contributed by atoms with Gasteiger partial charge in [0.25, 0.3) is 5.91 Å². The van der Waals surface area contributed by atoms with Crippen LogP contribution in [0.3, 0.4) is 0 Å². The standard InChI is InChI=1S/C13H17NO4/c1-9(5-6-16-2)14-13(15)10-3-4-11-12(7-10)18-8-17-11/h3-4,7,9H,5-6,8H2,1-2H3,(H,14,15)/t9-/m1/s1. The van der Waals surface area contributed by atoms with Gasteiger partial charge in [-0.2, -0.15) is 0 Å². The maximum absolute atomic E-state index is 12.0. The molecule has 0 saturated carbocycles. The van der Waals surface area contributed by atoms with Gasteiger partial charge in [-0.3, -0.25) is 4.79 Å². The number of ether oxygens (including phenoxy) is 3. The van der Waals surface area contributed by atoms with E-state index in [1.807, 2.05) is 6.92 Å². The molecule has 5 nitrogen and oxygen atoms in total. The molecule has 0 radical (unpaired) electrons. The summed E-state index contributed by atoms with van der Waals surface area (Å²) in [5, 5.41) is 2.91. The van der Waals surface area contributed by atoms with Crippen LogP contribution in [0.5, 0.6) is 11.5 Å². The van der Waals surface area contributed by atoms with E-state index in [0.717, 1.165) is 6.42 Å². The van der Waals surface area contributed by atoms with Crippen LogP contribution in [-0.4, -0.2) is 32.5 Å². The normalized spacial score (nSPS) is 14.3. The molecule has 5 heteroatoms. The van der Waals surface area contributed by atoms with Gasteiger partial charge in [-0.15, -0.1) is 0 Å². The molecule has 0 aromatic heterocycles. The molecule has 1 heterocycles. The van der Waals surface area contributed by atoms with Crippen molar-refractivity contribution in [3.05, 3.63) is 23.8 Å². The Hall–Kier alpha value is -1.75. The third-order valence-corrected chi connectivity index (χ3v) is 2.77. The summed E-state index contributed by atoms with van der Waals surface area (Å²) in [6, 6.07) is 5.24. The molecule has 0 spiro atoms. The van der Waals surface area contributed by atoms with Gasteiger partial charge in [-0.05, 0) is 31.5 Å². The molecule has 1 amide bonds. The highest BCUT2D eigenvalue weighted by molar-refractivity contribution is 5.95. The van der Waals surface area contributed by atoms with E-state index in [4.69, 9.17) is 14.2 Å². The Kier molecular flexibility index (Phi) is 4.04. The minimum Gasteiger partial charge on any atom is -0.454 e. The molecule has 1 aromatic rings. The van der Waals surface area contributed by atoms with Crippen LogP contribution in [0.4, 0.5) is 0 Å². The molecule has 0 unspecified atom stereocenters. The van der Waals surface area contributed by atoms with Crippen molar-refractivity contribution in [1.29, 1.82) is 0 Å². The molecule has 1 N–H and O–H groups in total. The second-order valence-electron chi connectivity index (χ2n) is 4.22. The van der Waals surface area contributed by atoms with Gasteiger partial charge in [0.05, 0.1) is 0 Å². The Bertz CT molecular complexity index is 433. The van der Waals surface area contributed by atoms with Crippen molar-refractivity contribution in [2.24, 2.45) is 0 Å². The van der Waals surface area contributed by atoms with Gasteiger partial charge in [-0.25, -0.2) is 0 Å². The number of carbonyl (C=O) groups excluding carboxylic acids is 1. The highest BCUT2D eigenvalue weighted by Gasteiger charge is 2.17. The van der Waals surface area contributed by atoms with Crippen molar-refractivity contribution in [2.45, 2.75) is 19.4 Å². The number of fused-ring (bicyclic) bond motifs is 1. The average molecular weight is 251 g/mol. The predicted octanol–water partition coefficient (Wildman–Crippen LogP) is 1.57. The van der Waals surface area contributed by atoms with Gasteiger partial charge in [0, 0.05) is 25.3 Å². The Morgan fingerprint density at radius 1 is 1.44 bits per heavy atom. The number of hydrogen-bond donors (Lipinski definition) is 1. The Morgan fingerprint density at radius 3 is 3.00 bits per heavy atom. The molecule has 1 atom stereocenters. The molecular weight excluding hydrogens is 234 g/mol. The first-order valence-electron chi connectivity index (χ1n) is 5.90. The van der Waals surface area contributed by atoms with E-state index >= 15 is 0 Å². The third-order valence-electron chi connectivity index (χ3n) is 2.77. The molecule has 98 valence electrons. The van der Waals surface area contributed by atoms with Gasteiger partial charge in [0.15, 0.2) is 11.5 Å². The fraction of sp³-hybridized carbons (Fsp3) is 0.462. The minimum absolute atomic E-state index is 0.0721. The zero-order chi connectivity index (χ0) is 13.0. The lowest BCUT2D eigenvalue weighted by Gasteiger charge is -2.13. The SMILES string of the molecule is COCC[C@@H](C)NC(=O)c1ccc2c(c1)OCO2. The quantitative estimate of drug-likeness (QED) is 0.863. The Morgan fingerprint density at radius 2 is 2.22 bits per heavy atom. The van der Waals surface area contributed by atoms with Gasteiger partial charge >= 0.3 is 0 Å². The van der Waals surface area contributed by atoms with Crippen LogP contribution >= 0.6 is 0 Å². The zero-order valence-electron chi connectivity index (χ0n) is 10.6. The van der Waals surface area contributed by atoms with E-state index in [1.165, 1.54) is 0 Å². The summed E-state index contributed by atoms with van der Waals surface area (Å²) in [4.78, 5) is 12.0. The van der Waals surface area contributed by atoms with E-state index in [0.29, 0.717) is 23.7 Å². The van der Waals surface area contributed by atoms with Crippen LogP contribution in [0, 0.1) is 0 Å². The van der Waals surface area contributed by atoms with Crippen LogP contribution in [0.2, 0.25) is 0 Å². The number of hydrogen-bond acceptors (Lipinski definition) is 4. The number of methoxy groups -OCH3 is 1. The molecule has 1 aromatic carbocycles. The van der Waals surface area contributed by atoms with E-state index in [2.05, 4.69) is 5.32 Å². The first-order valence-corrected chi connectivity index (χ1v) is 5.90. The van der Waals surface area contributed by atoms with Crippen LogP contribution in [-0.2, 0) is 4.74 Å². The fourth-order valence-corrected chi connectivity index (χ4v) is 1.71. The summed E-state index contributed by atoms with van der Waals surface area (Å²) in [7, 11) is 1.65. The molecule has 0 aliphatic carbocycles. The van der Waals surface area contributed by atoms with Crippen molar-refractivity contribution >= 4 is 5.91 Å². The molecule has 0 saturated heterocycles. The second kappa shape index (κ2) is 5.73. The van der Waals surface area contributed by atoms with E-state index < -0.39 is 0 Å². The summed E-state index contributed by atoms with van der Waals surface area (Å²) < 4.78 is 15.4. The maximum atomic E-state index is 12.0. The smallest absolute Gasteiger partial charge is 0.251 e. The molecule has 1 aliphatic heterocycles. The monoisotopic (exact) mass is 251 g/mol.